The van der Waals surface area contributed by atoms with Crippen molar-refractivity contribution in [3.63, 3.8) is 0 Å². The van der Waals surface area contributed by atoms with Gasteiger partial charge in [-0.25, -0.2) is 0 Å². The van der Waals surface area contributed by atoms with Crippen LogP contribution in [-0.4, -0.2) is 13.0 Å². The fourth-order valence-electron chi connectivity index (χ4n) is 1.93. The fourth-order valence-corrected chi connectivity index (χ4v) is 2.35. The van der Waals surface area contributed by atoms with Crippen LogP contribution < -0.4 is 4.74 Å². The van der Waals surface area contributed by atoms with E-state index in [9.17, 15) is 0 Å². The Hall–Kier alpha value is -0.690. The molecule has 0 saturated heterocycles. The summed E-state index contributed by atoms with van der Waals surface area (Å²) < 4.78 is 5.35. The molecule has 1 aliphatic rings. The van der Waals surface area contributed by atoms with Crippen LogP contribution in [0.25, 0.3) is 0 Å². The second-order valence-electron chi connectivity index (χ2n) is 3.84. The van der Waals surface area contributed by atoms with Crippen LogP contribution in [-0.2, 0) is 0 Å². The second-order valence-corrected chi connectivity index (χ2v) is 4.15. The number of methoxy groups -OCH3 is 1. The summed E-state index contributed by atoms with van der Waals surface area (Å²) >= 11 is 6.01. The van der Waals surface area contributed by atoms with Gasteiger partial charge in [0, 0.05) is 11.8 Å². The molecule has 1 aromatic rings. The molecule has 1 nitrogen and oxygen atoms in total. The zero-order valence-electron chi connectivity index (χ0n) is 8.37. The van der Waals surface area contributed by atoms with Gasteiger partial charge in [-0.15, -0.1) is 11.6 Å². The van der Waals surface area contributed by atoms with Crippen LogP contribution in [0.5, 0.6) is 5.75 Å². The predicted octanol–water partition coefficient (Wildman–Crippen LogP) is 3.43. The third-order valence-corrected chi connectivity index (χ3v) is 3.23. The van der Waals surface area contributed by atoms with E-state index in [0.717, 1.165) is 11.7 Å². The molecule has 1 aliphatic carbocycles. The van der Waals surface area contributed by atoms with Crippen LogP contribution >= 0.6 is 11.6 Å². The van der Waals surface area contributed by atoms with E-state index in [1.807, 2.05) is 12.1 Å². The van der Waals surface area contributed by atoms with E-state index in [1.54, 1.807) is 7.11 Å². The first-order valence-electron chi connectivity index (χ1n) is 5.05. The molecule has 0 radical (unpaired) electrons. The molecule has 0 amide bonds. The van der Waals surface area contributed by atoms with Crippen LogP contribution in [0.2, 0.25) is 0 Å². The molecule has 0 spiro atoms. The topological polar surface area (TPSA) is 9.23 Å². The van der Waals surface area contributed by atoms with Crippen LogP contribution in [0.4, 0.5) is 0 Å². The lowest BCUT2D eigenvalue weighted by Crippen LogP contribution is -2.04. The van der Waals surface area contributed by atoms with Crippen molar-refractivity contribution in [1.82, 2.24) is 0 Å². The van der Waals surface area contributed by atoms with Gasteiger partial charge >= 0.3 is 0 Å². The quantitative estimate of drug-likeness (QED) is 0.692. The molecular weight excluding hydrogens is 196 g/mol. The zero-order chi connectivity index (χ0) is 9.97. The lowest BCUT2D eigenvalue weighted by atomic mass is 9.95. The van der Waals surface area contributed by atoms with Gasteiger partial charge < -0.3 is 4.74 Å². The second kappa shape index (κ2) is 4.22. The molecule has 2 heteroatoms. The third-order valence-electron chi connectivity index (χ3n) is 2.90. The molecule has 0 heterocycles. The Morgan fingerprint density at radius 2 is 2.14 bits per heavy atom. The lowest BCUT2D eigenvalue weighted by molar-refractivity contribution is 0.404. The summed E-state index contributed by atoms with van der Waals surface area (Å²) in [6.07, 6.45) is 2.63. The Bertz CT molecular complexity index is 307. The van der Waals surface area contributed by atoms with E-state index in [2.05, 4.69) is 12.1 Å². The van der Waals surface area contributed by atoms with E-state index in [1.165, 1.54) is 18.4 Å². The van der Waals surface area contributed by atoms with E-state index in [-0.39, 0.29) is 0 Å². The Morgan fingerprint density at radius 1 is 1.43 bits per heavy atom. The first-order valence-corrected chi connectivity index (χ1v) is 5.59. The molecule has 1 fully saturated rings. The molecule has 1 unspecified atom stereocenters. The molecule has 14 heavy (non-hydrogen) atoms. The maximum atomic E-state index is 6.01. The van der Waals surface area contributed by atoms with E-state index < -0.39 is 0 Å². The minimum Gasteiger partial charge on any atom is -0.496 e. The highest BCUT2D eigenvalue weighted by Crippen LogP contribution is 2.45. The highest BCUT2D eigenvalue weighted by Gasteiger charge is 2.32. The molecule has 1 saturated carbocycles. The van der Waals surface area contributed by atoms with Gasteiger partial charge in [-0.05, 0) is 30.4 Å². The standard InChI is InChI=1S/C12H15ClO/c1-14-12-5-3-2-4-10(12)11(8-13)9-6-7-9/h2-5,9,11H,6-8H2,1H3. The SMILES string of the molecule is COc1ccccc1C(CCl)C1CC1. The number of benzene rings is 1. The molecule has 76 valence electrons. The first-order chi connectivity index (χ1) is 6.86. The summed E-state index contributed by atoms with van der Waals surface area (Å²) in [6, 6.07) is 8.20. The summed E-state index contributed by atoms with van der Waals surface area (Å²) in [5, 5.41) is 0. The molecule has 0 N–H and O–H groups in total. The van der Waals surface area contributed by atoms with E-state index in [4.69, 9.17) is 16.3 Å². The van der Waals surface area contributed by atoms with Crippen molar-refractivity contribution >= 4 is 11.6 Å². The number of ether oxygens (including phenoxy) is 1. The van der Waals surface area contributed by atoms with Gasteiger partial charge in [0.1, 0.15) is 5.75 Å². The largest absolute Gasteiger partial charge is 0.496 e. The number of hydrogen-bond acceptors (Lipinski definition) is 1. The maximum absolute atomic E-state index is 6.01. The highest BCUT2D eigenvalue weighted by molar-refractivity contribution is 6.18. The van der Waals surface area contributed by atoms with Gasteiger partial charge in [-0.1, -0.05) is 18.2 Å². The summed E-state index contributed by atoms with van der Waals surface area (Å²) in [5.41, 5.74) is 1.27. The van der Waals surface area contributed by atoms with Gasteiger partial charge in [0.15, 0.2) is 0 Å². The average Bonchev–Trinajstić information content (AvgIpc) is 3.04. The van der Waals surface area contributed by atoms with Crippen LogP contribution in [0, 0.1) is 5.92 Å². The van der Waals surface area contributed by atoms with Crippen LogP contribution in [0.15, 0.2) is 24.3 Å². The lowest BCUT2D eigenvalue weighted by Gasteiger charge is -2.16. The maximum Gasteiger partial charge on any atom is 0.122 e. The van der Waals surface area contributed by atoms with Gasteiger partial charge in [0.25, 0.3) is 0 Å². The van der Waals surface area contributed by atoms with Crippen molar-refractivity contribution < 1.29 is 4.74 Å². The van der Waals surface area contributed by atoms with E-state index in [0.29, 0.717) is 11.8 Å². The van der Waals surface area contributed by atoms with Crippen molar-refractivity contribution in [3.8, 4) is 5.75 Å². The normalized spacial score (nSPS) is 17.9. The van der Waals surface area contributed by atoms with Crippen molar-refractivity contribution in [2.45, 2.75) is 18.8 Å². The number of hydrogen-bond donors (Lipinski definition) is 0. The van der Waals surface area contributed by atoms with Crippen molar-refractivity contribution in [3.05, 3.63) is 29.8 Å². The monoisotopic (exact) mass is 210 g/mol. The van der Waals surface area contributed by atoms with Gasteiger partial charge in [-0.3, -0.25) is 0 Å². The van der Waals surface area contributed by atoms with Gasteiger partial charge in [0.2, 0.25) is 0 Å². The van der Waals surface area contributed by atoms with Crippen LogP contribution in [0.3, 0.4) is 0 Å². The summed E-state index contributed by atoms with van der Waals surface area (Å²) in [6.45, 7) is 0. The number of alkyl halides is 1. The van der Waals surface area contributed by atoms with Crippen molar-refractivity contribution in [1.29, 1.82) is 0 Å². The van der Waals surface area contributed by atoms with Gasteiger partial charge in [0.05, 0.1) is 7.11 Å². The Labute approximate surface area is 90.0 Å². The van der Waals surface area contributed by atoms with Crippen LogP contribution in [0.1, 0.15) is 24.3 Å². The van der Waals surface area contributed by atoms with E-state index >= 15 is 0 Å². The average molecular weight is 211 g/mol. The molecule has 0 aromatic heterocycles. The number of halogens is 1. The number of rotatable bonds is 4. The van der Waals surface area contributed by atoms with Crippen molar-refractivity contribution in [2.75, 3.05) is 13.0 Å². The highest BCUT2D eigenvalue weighted by atomic mass is 35.5. The minimum atomic E-state index is 0.479. The van der Waals surface area contributed by atoms with Crippen molar-refractivity contribution in [2.24, 2.45) is 5.92 Å². The molecule has 0 bridgehead atoms. The molecule has 0 aliphatic heterocycles. The smallest absolute Gasteiger partial charge is 0.122 e. The Morgan fingerprint density at radius 3 is 2.71 bits per heavy atom. The third kappa shape index (κ3) is 1.88. The Kier molecular flexibility index (Phi) is 2.97. The summed E-state index contributed by atoms with van der Waals surface area (Å²) in [7, 11) is 1.72. The molecule has 1 aromatic carbocycles. The summed E-state index contributed by atoms with van der Waals surface area (Å²) in [5.74, 6) is 2.94. The predicted molar refractivity (Wildman–Crippen MR) is 59.2 cm³/mol. The molecular formula is C12H15ClO. The molecule has 2 rings (SSSR count). The number of para-hydroxylation sites is 1. The fraction of sp³-hybridized carbons (Fsp3) is 0.500. The first kappa shape index (κ1) is 9.85. The Balaban J connectivity index is 2.27. The zero-order valence-corrected chi connectivity index (χ0v) is 9.13. The minimum absolute atomic E-state index is 0.479. The summed E-state index contributed by atoms with van der Waals surface area (Å²) in [4.78, 5) is 0. The van der Waals surface area contributed by atoms with Gasteiger partial charge in [-0.2, -0.15) is 0 Å². The molecule has 1 atom stereocenters.